The Bertz CT molecular complexity index is 905. The zero-order chi connectivity index (χ0) is 16.4. The molecular formula is C18H15NO5. The van der Waals surface area contributed by atoms with Crippen LogP contribution in [0.25, 0.3) is 11.1 Å². The molecular weight excluding hydrogens is 310 g/mol. The van der Waals surface area contributed by atoms with Crippen LogP contribution in [0.1, 0.15) is 27.5 Å². The molecule has 0 saturated heterocycles. The van der Waals surface area contributed by atoms with Crippen molar-refractivity contribution in [3.63, 3.8) is 0 Å². The minimum atomic E-state index is -0.403. The first kappa shape index (κ1) is 13.7. The summed E-state index contributed by atoms with van der Waals surface area (Å²) in [5.41, 5.74) is 3.88. The standard InChI is InChI=1S/C18H15NO5/c1-22-17-10(20)3-2-9-13(17)14-12-8(4-5-19-15(12)16(9)21)6-11-18(14)24-7-23-11/h2-3,6,15,19-20H,4-5,7H2,1H3/t15-/m1/s1. The number of phenolic OH excluding ortho intramolecular Hbond substituents is 1. The van der Waals surface area contributed by atoms with Crippen LogP contribution < -0.4 is 19.5 Å². The molecule has 0 amide bonds. The summed E-state index contributed by atoms with van der Waals surface area (Å²) < 4.78 is 16.7. The van der Waals surface area contributed by atoms with Gasteiger partial charge in [0.05, 0.1) is 13.2 Å². The van der Waals surface area contributed by atoms with Gasteiger partial charge in [0.1, 0.15) is 0 Å². The molecule has 2 N–H and O–H groups in total. The number of carbonyl (C=O) groups excluding carboxylic acids is 1. The largest absolute Gasteiger partial charge is 0.504 e. The lowest BCUT2D eigenvalue weighted by Crippen LogP contribution is -2.38. The zero-order valence-corrected chi connectivity index (χ0v) is 13.0. The van der Waals surface area contributed by atoms with Gasteiger partial charge in [0.15, 0.2) is 28.8 Å². The van der Waals surface area contributed by atoms with E-state index < -0.39 is 6.04 Å². The fourth-order valence-electron chi connectivity index (χ4n) is 3.96. The van der Waals surface area contributed by atoms with E-state index in [2.05, 4.69) is 5.32 Å². The molecule has 1 atom stereocenters. The van der Waals surface area contributed by atoms with Gasteiger partial charge in [0.25, 0.3) is 0 Å². The Morgan fingerprint density at radius 2 is 2.17 bits per heavy atom. The molecule has 2 aromatic carbocycles. The second-order valence-corrected chi connectivity index (χ2v) is 6.10. The van der Waals surface area contributed by atoms with E-state index in [0.717, 1.165) is 29.7 Å². The van der Waals surface area contributed by atoms with Crippen molar-refractivity contribution >= 4 is 5.78 Å². The molecule has 2 aromatic rings. The van der Waals surface area contributed by atoms with Crippen LogP contribution in [-0.2, 0) is 6.42 Å². The topological polar surface area (TPSA) is 77.0 Å². The Morgan fingerprint density at radius 3 is 3.00 bits per heavy atom. The number of carbonyl (C=O) groups is 1. The van der Waals surface area contributed by atoms with Crippen molar-refractivity contribution in [2.24, 2.45) is 0 Å². The van der Waals surface area contributed by atoms with E-state index in [0.29, 0.717) is 22.6 Å². The molecule has 6 heteroatoms. The first-order chi connectivity index (χ1) is 11.7. The number of hydrogen-bond donors (Lipinski definition) is 2. The summed E-state index contributed by atoms with van der Waals surface area (Å²) in [6.45, 7) is 0.876. The number of nitrogens with one attached hydrogen (secondary N) is 1. The van der Waals surface area contributed by atoms with E-state index in [1.54, 1.807) is 6.07 Å². The number of ether oxygens (including phenoxy) is 3. The lowest BCUT2D eigenvalue weighted by atomic mass is 9.76. The van der Waals surface area contributed by atoms with E-state index in [-0.39, 0.29) is 24.1 Å². The summed E-state index contributed by atoms with van der Waals surface area (Å²) in [6, 6.07) is 4.69. The number of hydrogen-bond acceptors (Lipinski definition) is 6. The maximum absolute atomic E-state index is 13.0. The number of ketones is 1. The van der Waals surface area contributed by atoms with Crippen LogP contribution in [0.2, 0.25) is 0 Å². The maximum Gasteiger partial charge on any atom is 0.231 e. The van der Waals surface area contributed by atoms with Gasteiger partial charge < -0.3 is 24.6 Å². The van der Waals surface area contributed by atoms with Gasteiger partial charge in [0.2, 0.25) is 6.79 Å². The molecule has 0 spiro atoms. The normalized spacial score (nSPS) is 19.7. The van der Waals surface area contributed by atoms with Crippen molar-refractivity contribution in [3.8, 4) is 34.1 Å². The summed E-state index contributed by atoms with van der Waals surface area (Å²) in [4.78, 5) is 13.0. The average Bonchev–Trinajstić information content (AvgIpc) is 3.06. The maximum atomic E-state index is 13.0. The number of methoxy groups -OCH3 is 1. The van der Waals surface area contributed by atoms with Gasteiger partial charge in [-0.15, -0.1) is 0 Å². The van der Waals surface area contributed by atoms with Gasteiger partial charge in [-0.25, -0.2) is 0 Å². The predicted molar refractivity (Wildman–Crippen MR) is 85.0 cm³/mol. The Balaban J connectivity index is 1.95. The van der Waals surface area contributed by atoms with E-state index in [1.165, 1.54) is 13.2 Å². The average molecular weight is 325 g/mol. The molecule has 0 radical (unpaired) electrons. The van der Waals surface area contributed by atoms with Crippen molar-refractivity contribution < 1.29 is 24.1 Å². The molecule has 122 valence electrons. The van der Waals surface area contributed by atoms with Crippen molar-refractivity contribution in [1.82, 2.24) is 5.32 Å². The number of Topliss-reactive ketones (excluding diaryl/α,β-unsaturated/α-hetero) is 1. The Labute approximate surface area is 138 Å². The summed E-state index contributed by atoms with van der Waals surface area (Å²) >= 11 is 0. The van der Waals surface area contributed by atoms with E-state index in [4.69, 9.17) is 14.2 Å². The fourth-order valence-corrected chi connectivity index (χ4v) is 3.96. The molecule has 24 heavy (non-hydrogen) atoms. The summed E-state index contributed by atoms with van der Waals surface area (Å²) in [6.07, 6.45) is 0.805. The van der Waals surface area contributed by atoms with Crippen LogP contribution >= 0.6 is 0 Å². The molecule has 0 aromatic heterocycles. The number of benzene rings is 2. The summed E-state index contributed by atoms with van der Waals surface area (Å²) in [5.74, 6) is 1.55. The first-order valence-corrected chi connectivity index (χ1v) is 7.84. The van der Waals surface area contributed by atoms with Gasteiger partial charge >= 0.3 is 0 Å². The van der Waals surface area contributed by atoms with Crippen molar-refractivity contribution in [2.45, 2.75) is 12.5 Å². The molecule has 6 nitrogen and oxygen atoms in total. The SMILES string of the molecule is COc1c(O)ccc2c1-c1c3c(cc4c1[C@@H](NCC4)C2=O)OCO3. The highest BCUT2D eigenvalue weighted by molar-refractivity contribution is 6.13. The quantitative estimate of drug-likeness (QED) is 0.837. The molecule has 1 aliphatic carbocycles. The summed E-state index contributed by atoms with van der Waals surface area (Å²) in [7, 11) is 1.48. The van der Waals surface area contributed by atoms with Crippen molar-refractivity contribution in [3.05, 3.63) is 34.9 Å². The van der Waals surface area contributed by atoms with E-state index in [1.807, 2.05) is 6.07 Å². The van der Waals surface area contributed by atoms with Crippen LogP contribution in [-0.4, -0.2) is 31.3 Å². The van der Waals surface area contributed by atoms with Crippen LogP contribution in [0.15, 0.2) is 18.2 Å². The monoisotopic (exact) mass is 325 g/mol. The molecule has 0 saturated carbocycles. The second kappa shape index (κ2) is 4.64. The lowest BCUT2D eigenvalue weighted by Gasteiger charge is -2.34. The summed E-state index contributed by atoms with van der Waals surface area (Å²) in [5, 5.41) is 13.5. The van der Waals surface area contributed by atoms with Gasteiger partial charge in [0, 0.05) is 23.2 Å². The minimum Gasteiger partial charge on any atom is -0.504 e. The molecule has 2 heterocycles. The molecule has 0 fully saturated rings. The third kappa shape index (κ3) is 1.56. The fraction of sp³-hybridized carbons (Fsp3) is 0.278. The van der Waals surface area contributed by atoms with Crippen LogP contribution in [0, 0.1) is 0 Å². The van der Waals surface area contributed by atoms with E-state index in [9.17, 15) is 9.90 Å². The number of aromatic hydroxyl groups is 1. The molecule has 0 bridgehead atoms. The smallest absolute Gasteiger partial charge is 0.231 e. The number of rotatable bonds is 1. The molecule has 0 unspecified atom stereocenters. The van der Waals surface area contributed by atoms with Gasteiger partial charge in [-0.1, -0.05) is 0 Å². The minimum absolute atomic E-state index is 0.00321. The highest BCUT2D eigenvalue weighted by Crippen LogP contribution is 2.55. The molecule has 5 rings (SSSR count). The molecule has 2 aliphatic heterocycles. The highest BCUT2D eigenvalue weighted by Gasteiger charge is 2.41. The van der Waals surface area contributed by atoms with Crippen molar-refractivity contribution in [1.29, 1.82) is 0 Å². The number of phenols is 1. The van der Waals surface area contributed by atoms with E-state index >= 15 is 0 Å². The first-order valence-electron chi connectivity index (χ1n) is 7.84. The van der Waals surface area contributed by atoms with Crippen LogP contribution in [0.5, 0.6) is 23.0 Å². The highest BCUT2D eigenvalue weighted by atomic mass is 16.7. The third-order valence-electron chi connectivity index (χ3n) is 4.94. The lowest BCUT2D eigenvalue weighted by molar-refractivity contribution is 0.0937. The Hall–Kier alpha value is -2.73. The predicted octanol–water partition coefficient (Wildman–Crippen LogP) is 2.18. The van der Waals surface area contributed by atoms with Gasteiger partial charge in [-0.2, -0.15) is 0 Å². The Kier molecular flexibility index (Phi) is 2.65. The van der Waals surface area contributed by atoms with Gasteiger partial charge in [-0.05, 0) is 35.7 Å². The molecule has 3 aliphatic rings. The van der Waals surface area contributed by atoms with Crippen LogP contribution in [0.4, 0.5) is 0 Å². The Morgan fingerprint density at radius 1 is 1.29 bits per heavy atom. The second-order valence-electron chi connectivity index (χ2n) is 6.10. The van der Waals surface area contributed by atoms with Gasteiger partial charge in [-0.3, -0.25) is 4.79 Å². The van der Waals surface area contributed by atoms with Crippen LogP contribution in [0.3, 0.4) is 0 Å². The van der Waals surface area contributed by atoms with Crippen molar-refractivity contribution in [2.75, 3.05) is 20.4 Å². The third-order valence-corrected chi connectivity index (χ3v) is 4.94. The zero-order valence-electron chi connectivity index (χ0n) is 13.0. The number of fused-ring (bicyclic) bond motifs is 4.